The van der Waals surface area contributed by atoms with E-state index in [-0.39, 0.29) is 30.4 Å². The van der Waals surface area contributed by atoms with Crippen molar-refractivity contribution < 1.29 is 26.7 Å². The summed E-state index contributed by atoms with van der Waals surface area (Å²) in [6.45, 7) is 3.50. The molecule has 0 aliphatic heterocycles. The van der Waals surface area contributed by atoms with E-state index in [1.54, 1.807) is 44.2 Å². The van der Waals surface area contributed by atoms with Gasteiger partial charge in [-0.05, 0) is 37.6 Å². The lowest BCUT2D eigenvalue weighted by Crippen LogP contribution is -2.31. The minimum absolute atomic E-state index is 0.0253. The molecule has 0 amide bonds. The molecule has 1 N–H and O–H groups in total. The Kier molecular flexibility index (Phi) is 7.20. The summed E-state index contributed by atoms with van der Waals surface area (Å²) in [4.78, 5) is 7.77. The Labute approximate surface area is 207 Å². The lowest BCUT2D eigenvalue weighted by atomic mass is 10.2. The van der Waals surface area contributed by atoms with Gasteiger partial charge in [0.15, 0.2) is 11.6 Å². The van der Waals surface area contributed by atoms with Gasteiger partial charge >= 0.3 is 0 Å². The molecule has 11 nitrogen and oxygen atoms in total. The second kappa shape index (κ2) is 10.3. The lowest BCUT2D eigenvalue weighted by molar-refractivity contribution is 0.391. The second-order valence-corrected chi connectivity index (χ2v) is 9.76. The third-order valence-electron chi connectivity index (χ3n) is 5.46. The van der Waals surface area contributed by atoms with Gasteiger partial charge in [0.25, 0.3) is 0 Å². The zero-order valence-electron chi connectivity index (χ0n) is 20.1. The average molecular weight is 517 g/mol. The predicted molar refractivity (Wildman–Crippen MR) is 129 cm³/mol. The van der Waals surface area contributed by atoms with E-state index in [0.717, 1.165) is 12.4 Å². The number of aryl methyl sites for hydroxylation is 1. The number of sulfonamides is 1. The molecule has 0 bridgehead atoms. The van der Waals surface area contributed by atoms with Gasteiger partial charge in [-0.25, -0.2) is 22.8 Å². The Bertz CT molecular complexity index is 1430. The Morgan fingerprint density at radius 3 is 2.31 bits per heavy atom. The number of aromatic nitrogens is 5. The summed E-state index contributed by atoms with van der Waals surface area (Å²) >= 11 is 0. The molecule has 0 saturated heterocycles. The van der Waals surface area contributed by atoms with Gasteiger partial charge in [0.2, 0.25) is 21.8 Å². The number of methoxy groups -OCH3 is 2. The van der Waals surface area contributed by atoms with Crippen molar-refractivity contribution in [3.8, 4) is 28.8 Å². The van der Waals surface area contributed by atoms with Crippen LogP contribution in [0.5, 0.6) is 11.5 Å². The van der Waals surface area contributed by atoms with Gasteiger partial charge in [0.05, 0.1) is 31.9 Å². The van der Waals surface area contributed by atoms with Gasteiger partial charge < -0.3 is 13.9 Å². The van der Waals surface area contributed by atoms with Crippen LogP contribution in [0.4, 0.5) is 10.3 Å². The topological polar surface area (TPSA) is 134 Å². The zero-order valence-corrected chi connectivity index (χ0v) is 20.9. The van der Waals surface area contributed by atoms with Crippen LogP contribution in [0.15, 0.2) is 47.1 Å². The fraction of sp³-hybridized carbons (Fsp3) is 0.304. The minimum atomic E-state index is -4.03. The fourth-order valence-corrected chi connectivity index (χ4v) is 5.02. The fourth-order valence-electron chi connectivity index (χ4n) is 3.66. The van der Waals surface area contributed by atoms with Crippen LogP contribution in [0.2, 0.25) is 0 Å². The first-order valence-corrected chi connectivity index (χ1v) is 12.5. The van der Waals surface area contributed by atoms with Crippen molar-refractivity contribution in [1.82, 2.24) is 24.7 Å². The van der Waals surface area contributed by atoms with Crippen LogP contribution in [0.3, 0.4) is 0 Å². The van der Waals surface area contributed by atoms with Crippen molar-refractivity contribution in [2.75, 3.05) is 18.9 Å². The Balaban J connectivity index is 1.81. The number of hydrogen-bond acceptors (Lipinski definition) is 9. The molecular formula is C23H25FN6O5S. The number of ether oxygens (including phenoxy) is 2. The van der Waals surface area contributed by atoms with Crippen molar-refractivity contribution in [2.24, 2.45) is 0 Å². The minimum Gasteiger partial charge on any atom is -0.494 e. The molecule has 3 heterocycles. The highest BCUT2D eigenvalue weighted by molar-refractivity contribution is 7.93. The molecule has 4 aromatic rings. The van der Waals surface area contributed by atoms with Gasteiger partial charge in [-0.2, -0.15) is 0 Å². The van der Waals surface area contributed by atoms with Crippen molar-refractivity contribution in [2.45, 2.75) is 31.9 Å². The molecule has 13 heteroatoms. The summed E-state index contributed by atoms with van der Waals surface area (Å²) in [6.07, 6.45) is 2.21. The van der Waals surface area contributed by atoms with Crippen molar-refractivity contribution in [3.05, 3.63) is 60.1 Å². The molecule has 0 saturated carbocycles. The maximum absolute atomic E-state index is 13.4. The molecule has 1 atom stereocenters. The normalized spacial score (nSPS) is 12.4. The molecule has 0 unspecified atom stereocenters. The molecule has 0 radical (unpaired) electrons. The number of para-hydroxylation sites is 1. The quantitative estimate of drug-likeness (QED) is 0.336. The van der Waals surface area contributed by atoms with Crippen LogP contribution in [0.1, 0.15) is 24.9 Å². The van der Waals surface area contributed by atoms with E-state index in [2.05, 4.69) is 24.9 Å². The molecule has 0 spiro atoms. The lowest BCUT2D eigenvalue weighted by Gasteiger charge is -2.19. The van der Waals surface area contributed by atoms with Crippen LogP contribution < -0.4 is 14.2 Å². The summed E-state index contributed by atoms with van der Waals surface area (Å²) in [5.74, 6) is 1.53. The summed E-state index contributed by atoms with van der Waals surface area (Å²) in [5, 5.41) is 7.40. The smallest absolute Gasteiger partial charge is 0.243 e. The van der Waals surface area contributed by atoms with Gasteiger partial charge in [-0.15, -0.1) is 10.2 Å². The van der Waals surface area contributed by atoms with Gasteiger partial charge in [0.1, 0.15) is 28.8 Å². The van der Waals surface area contributed by atoms with E-state index in [9.17, 15) is 12.8 Å². The molecule has 0 aliphatic carbocycles. The Morgan fingerprint density at radius 2 is 1.75 bits per heavy atom. The molecular weight excluding hydrogens is 491 g/mol. The van der Waals surface area contributed by atoms with Crippen molar-refractivity contribution >= 4 is 16.0 Å². The van der Waals surface area contributed by atoms with Crippen molar-refractivity contribution in [3.63, 3.8) is 0 Å². The van der Waals surface area contributed by atoms with E-state index in [0.29, 0.717) is 28.7 Å². The first kappa shape index (κ1) is 25.1. The second-order valence-electron chi connectivity index (χ2n) is 7.80. The third-order valence-corrected chi connectivity index (χ3v) is 7.31. The highest BCUT2D eigenvalue weighted by atomic mass is 32.2. The predicted octanol–water partition coefficient (Wildman–Crippen LogP) is 3.55. The first-order valence-electron chi connectivity index (χ1n) is 11.0. The third kappa shape index (κ3) is 5.00. The maximum Gasteiger partial charge on any atom is 0.243 e. The number of benzene rings is 1. The Morgan fingerprint density at radius 1 is 1.08 bits per heavy atom. The molecule has 3 aromatic heterocycles. The average Bonchev–Trinajstić information content (AvgIpc) is 3.48. The molecule has 4 rings (SSSR count). The maximum atomic E-state index is 13.4. The van der Waals surface area contributed by atoms with Crippen LogP contribution in [-0.2, 0) is 16.4 Å². The molecule has 0 aliphatic rings. The van der Waals surface area contributed by atoms with E-state index >= 15 is 0 Å². The highest BCUT2D eigenvalue weighted by Gasteiger charge is 2.30. The summed E-state index contributed by atoms with van der Waals surface area (Å²) in [5.41, 5.74) is 0.379. The highest BCUT2D eigenvalue weighted by Crippen LogP contribution is 2.38. The van der Waals surface area contributed by atoms with Crippen molar-refractivity contribution in [1.29, 1.82) is 0 Å². The van der Waals surface area contributed by atoms with Crippen LogP contribution >= 0.6 is 0 Å². The van der Waals surface area contributed by atoms with E-state index in [4.69, 9.17) is 13.9 Å². The number of halogens is 1. The Hall–Kier alpha value is -4.00. The van der Waals surface area contributed by atoms with Gasteiger partial charge in [-0.3, -0.25) is 9.29 Å². The molecule has 0 fully saturated rings. The van der Waals surface area contributed by atoms with Crippen LogP contribution in [0.25, 0.3) is 17.3 Å². The number of furan rings is 1. The van der Waals surface area contributed by atoms with E-state index < -0.39 is 21.1 Å². The monoisotopic (exact) mass is 516 g/mol. The number of hydrogen-bond donors (Lipinski definition) is 1. The van der Waals surface area contributed by atoms with E-state index in [1.165, 1.54) is 18.8 Å². The largest absolute Gasteiger partial charge is 0.494 e. The number of rotatable bonds is 10. The molecule has 36 heavy (non-hydrogen) atoms. The number of anilines is 1. The molecule has 190 valence electrons. The van der Waals surface area contributed by atoms with Gasteiger partial charge in [-0.1, -0.05) is 13.0 Å². The summed E-state index contributed by atoms with van der Waals surface area (Å²) in [7, 11) is -1.06. The summed E-state index contributed by atoms with van der Waals surface area (Å²) in [6, 6.07) is 8.61. The number of nitrogens with one attached hydrogen (secondary N) is 1. The first-order chi connectivity index (χ1) is 17.3. The van der Waals surface area contributed by atoms with E-state index in [1.807, 2.05) is 0 Å². The van der Waals surface area contributed by atoms with Gasteiger partial charge in [0, 0.05) is 6.42 Å². The SMILES string of the molecule is CC[C@H](Cc1ncc(F)cn1)S(=O)(=O)Nc1nnc(-c2ccc(C)o2)n1-c1c(OC)cccc1OC. The number of nitrogens with zero attached hydrogens (tertiary/aromatic N) is 5. The summed E-state index contributed by atoms with van der Waals surface area (Å²) < 4.78 is 60.9. The standard InChI is InChI=1S/C23H25FN6O5S/c1-5-16(11-20-25-12-15(24)13-26-20)36(31,32)29-23-28-27-22(19-10-9-14(2)35-19)30(23)21-17(33-3)7-6-8-18(21)34-4/h6-10,12-13,16H,5,11H2,1-4H3,(H,28,29)/t16-/m1/s1. The zero-order chi connectivity index (χ0) is 25.9. The van der Waals surface area contributed by atoms with Crippen LogP contribution in [0, 0.1) is 12.7 Å². The molecule has 1 aromatic carbocycles. The van der Waals surface area contributed by atoms with Crippen LogP contribution in [-0.4, -0.2) is 52.6 Å².